The molecule has 0 radical (unpaired) electrons. The van der Waals surface area contributed by atoms with Gasteiger partial charge in [-0.1, -0.05) is 23.4 Å². The number of carbonyl (C=O) groups excluding carboxylic acids is 1. The summed E-state index contributed by atoms with van der Waals surface area (Å²) in [7, 11) is 3.22. The lowest BCUT2D eigenvalue weighted by Gasteiger charge is -2.16. The molecule has 0 bridgehead atoms. The predicted molar refractivity (Wildman–Crippen MR) is 86.4 cm³/mol. The van der Waals surface area contributed by atoms with Gasteiger partial charge in [0.2, 0.25) is 11.7 Å². The minimum absolute atomic E-state index is 0.168. The minimum atomic E-state index is -0.168. The average molecular weight is 329 g/mol. The van der Waals surface area contributed by atoms with Crippen LogP contribution in [0.15, 0.2) is 46.3 Å². The van der Waals surface area contributed by atoms with Gasteiger partial charge in [-0.2, -0.15) is 4.98 Å². The maximum atomic E-state index is 12.5. The van der Waals surface area contributed by atoms with Crippen molar-refractivity contribution < 1.29 is 14.1 Å². The molecule has 6 nitrogen and oxygen atoms in total. The van der Waals surface area contributed by atoms with Crippen LogP contribution in [-0.4, -0.2) is 35.1 Å². The molecule has 0 atom stereocenters. The topological polar surface area (TPSA) is 68.5 Å². The number of hydrogen-bond donors (Lipinski definition) is 0. The molecule has 1 aromatic carbocycles. The third-order valence-corrected chi connectivity index (χ3v) is 4.13. The van der Waals surface area contributed by atoms with Crippen LogP contribution in [0, 0.1) is 0 Å². The summed E-state index contributed by atoms with van der Waals surface area (Å²) in [6.07, 6.45) is 0. The molecule has 2 aromatic heterocycles. The molecule has 3 aromatic rings. The second kappa shape index (κ2) is 6.62. The summed E-state index contributed by atoms with van der Waals surface area (Å²) in [5.74, 6) is 1.29. The molecular formula is C16H15N3O3S. The lowest BCUT2D eigenvalue weighted by atomic mass is 10.2. The van der Waals surface area contributed by atoms with Crippen molar-refractivity contribution >= 4 is 17.2 Å². The summed E-state index contributed by atoms with van der Waals surface area (Å²) >= 11 is 1.53. The Hall–Kier alpha value is -2.67. The van der Waals surface area contributed by atoms with E-state index in [2.05, 4.69) is 10.1 Å². The van der Waals surface area contributed by atoms with Crippen LogP contribution >= 0.6 is 11.3 Å². The van der Waals surface area contributed by atoms with Gasteiger partial charge in [-0.3, -0.25) is 4.79 Å². The smallest absolute Gasteiger partial charge is 0.257 e. The molecule has 0 aliphatic rings. The lowest BCUT2D eigenvalue weighted by Crippen LogP contribution is -2.26. The molecule has 0 aliphatic heterocycles. The second-order valence-electron chi connectivity index (χ2n) is 4.85. The van der Waals surface area contributed by atoms with Gasteiger partial charge in [0.15, 0.2) is 0 Å². The zero-order valence-electron chi connectivity index (χ0n) is 12.7. The molecule has 0 aliphatic carbocycles. The highest BCUT2D eigenvalue weighted by molar-refractivity contribution is 7.13. The fourth-order valence-corrected chi connectivity index (χ4v) is 2.78. The van der Waals surface area contributed by atoms with Crippen LogP contribution < -0.4 is 4.74 Å². The minimum Gasteiger partial charge on any atom is -0.496 e. The van der Waals surface area contributed by atoms with E-state index in [4.69, 9.17) is 9.26 Å². The van der Waals surface area contributed by atoms with Crippen LogP contribution in [0.5, 0.6) is 5.75 Å². The Balaban J connectivity index is 1.74. The van der Waals surface area contributed by atoms with Crippen molar-refractivity contribution in [2.45, 2.75) is 6.54 Å². The Morgan fingerprint density at radius 2 is 2.13 bits per heavy atom. The maximum Gasteiger partial charge on any atom is 0.257 e. The van der Waals surface area contributed by atoms with Gasteiger partial charge < -0.3 is 14.2 Å². The van der Waals surface area contributed by atoms with Crippen molar-refractivity contribution in [2.75, 3.05) is 14.2 Å². The SMILES string of the molecule is COc1ccccc1C(=O)N(C)Cc1nc(-c2cccs2)no1. The molecule has 23 heavy (non-hydrogen) atoms. The number of nitrogens with zero attached hydrogens (tertiary/aromatic N) is 3. The van der Waals surface area contributed by atoms with E-state index in [0.717, 1.165) is 4.88 Å². The Morgan fingerprint density at radius 1 is 1.30 bits per heavy atom. The van der Waals surface area contributed by atoms with Crippen LogP contribution in [0.4, 0.5) is 0 Å². The van der Waals surface area contributed by atoms with Crippen LogP contribution in [0.3, 0.4) is 0 Å². The number of methoxy groups -OCH3 is 1. The van der Waals surface area contributed by atoms with Gasteiger partial charge in [-0.25, -0.2) is 0 Å². The molecule has 3 rings (SSSR count). The van der Waals surface area contributed by atoms with Crippen molar-refractivity contribution in [1.82, 2.24) is 15.0 Å². The fourth-order valence-electron chi connectivity index (χ4n) is 2.13. The van der Waals surface area contributed by atoms with E-state index in [-0.39, 0.29) is 12.5 Å². The third-order valence-electron chi connectivity index (χ3n) is 3.27. The Kier molecular flexibility index (Phi) is 4.38. The van der Waals surface area contributed by atoms with Crippen molar-refractivity contribution in [2.24, 2.45) is 0 Å². The fraction of sp³-hybridized carbons (Fsp3) is 0.188. The standard InChI is InChI=1S/C16H15N3O3S/c1-19(16(20)11-6-3-4-7-12(11)21-2)10-14-17-15(18-22-14)13-8-5-9-23-13/h3-9H,10H2,1-2H3. The highest BCUT2D eigenvalue weighted by Crippen LogP contribution is 2.22. The molecule has 0 fully saturated rings. The van der Waals surface area contributed by atoms with E-state index in [1.807, 2.05) is 23.6 Å². The van der Waals surface area contributed by atoms with E-state index in [9.17, 15) is 4.79 Å². The van der Waals surface area contributed by atoms with Crippen molar-refractivity contribution in [1.29, 1.82) is 0 Å². The molecule has 0 saturated carbocycles. The van der Waals surface area contributed by atoms with Gasteiger partial charge in [0.25, 0.3) is 5.91 Å². The normalized spacial score (nSPS) is 10.5. The second-order valence-corrected chi connectivity index (χ2v) is 5.80. The van der Waals surface area contributed by atoms with E-state index >= 15 is 0 Å². The number of amides is 1. The number of rotatable bonds is 5. The van der Waals surface area contributed by atoms with Crippen LogP contribution in [0.1, 0.15) is 16.2 Å². The summed E-state index contributed by atoms with van der Waals surface area (Å²) in [4.78, 5) is 19.3. The number of ether oxygens (including phenoxy) is 1. The van der Waals surface area contributed by atoms with Gasteiger partial charge in [0.1, 0.15) is 12.3 Å². The Morgan fingerprint density at radius 3 is 2.87 bits per heavy atom. The number of thiophene rings is 1. The first-order valence-corrected chi connectivity index (χ1v) is 7.82. The van der Waals surface area contributed by atoms with Gasteiger partial charge in [0, 0.05) is 7.05 Å². The first kappa shape index (κ1) is 15.2. The molecule has 2 heterocycles. The monoisotopic (exact) mass is 329 g/mol. The quantitative estimate of drug-likeness (QED) is 0.719. The highest BCUT2D eigenvalue weighted by atomic mass is 32.1. The molecular weight excluding hydrogens is 314 g/mol. The van der Waals surface area contributed by atoms with Crippen molar-refractivity contribution in [3.05, 3.63) is 53.2 Å². The molecule has 118 valence electrons. The number of hydrogen-bond acceptors (Lipinski definition) is 6. The van der Waals surface area contributed by atoms with Gasteiger partial charge in [0.05, 0.1) is 17.6 Å². The van der Waals surface area contributed by atoms with Crippen LogP contribution in [0.2, 0.25) is 0 Å². The maximum absolute atomic E-state index is 12.5. The van der Waals surface area contributed by atoms with Crippen LogP contribution in [-0.2, 0) is 6.54 Å². The number of carbonyl (C=O) groups is 1. The first-order valence-electron chi connectivity index (χ1n) is 6.94. The number of para-hydroxylation sites is 1. The number of benzene rings is 1. The molecule has 0 spiro atoms. The molecule has 0 unspecified atom stereocenters. The van der Waals surface area contributed by atoms with Crippen LogP contribution in [0.25, 0.3) is 10.7 Å². The molecule has 1 amide bonds. The summed E-state index contributed by atoms with van der Waals surface area (Å²) in [6.45, 7) is 0.231. The van der Waals surface area contributed by atoms with E-state index in [1.54, 1.807) is 25.2 Å². The van der Waals surface area contributed by atoms with E-state index in [1.165, 1.54) is 23.3 Å². The van der Waals surface area contributed by atoms with E-state index in [0.29, 0.717) is 23.0 Å². The highest BCUT2D eigenvalue weighted by Gasteiger charge is 2.19. The first-order chi connectivity index (χ1) is 11.2. The zero-order valence-corrected chi connectivity index (χ0v) is 13.5. The van der Waals surface area contributed by atoms with Gasteiger partial charge in [-0.05, 0) is 23.6 Å². The lowest BCUT2D eigenvalue weighted by molar-refractivity contribution is 0.0766. The summed E-state index contributed by atoms with van der Waals surface area (Å²) in [5.41, 5.74) is 0.496. The molecule has 0 saturated heterocycles. The van der Waals surface area contributed by atoms with Gasteiger partial charge in [-0.15, -0.1) is 11.3 Å². The summed E-state index contributed by atoms with van der Waals surface area (Å²) < 4.78 is 10.4. The summed E-state index contributed by atoms with van der Waals surface area (Å²) in [6, 6.07) is 10.9. The van der Waals surface area contributed by atoms with Crippen molar-refractivity contribution in [3.63, 3.8) is 0 Å². The Bertz CT molecular complexity index is 799. The number of aromatic nitrogens is 2. The summed E-state index contributed by atoms with van der Waals surface area (Å²) in [5, 5.41) is 5.89. The largest absolute Gasteiger partial charge is 0.496 e. The molecule has 0 N–H and O–H groups in total. The van der Waals surface area contributed by atoms with E-state index < -0.39 is 0 Å². The zero-order chi connectivity index (χ0) is 16.2. The predicted octanol–water partition coefficient (Wildman–Crippen LogP) is 3.08. The Labute approximate surface area is 137 Å². The van der Waals surface area contributed by atoms with Crippen molar-refractivity contribution in [3.8, 4) is 16.5 Å². The molecule has 7 heteroatoms. The van der Waals surface area contributed by atoms with Gasteiger partial charge >= 0.3 is 0 Å². The average Bonchev–Trinajstić information content (AvgIpc) is 3.25. The third kappa shape index (κ3) is 3.24.